The van der Waals surface area contributed by atoms with Crippen LogP contribution in [0.4, 0.5) is 0 Å². The molecule has 4 nitrogen and oxygen atoms in total. The van der Waals surface area contributed by atoms with Gasteiger partial charge in [0, 0.05) is 24.3 Å². The van der Waals surface area contributed by atoms with E-state index >= 15 is 0 Å². The van der Waals surface area contributed by atoms with E-state index in [1.807, 2.05) is 12.3 Å². The van der Waals surface area contributed by atoms with Crippen LogP contribution in [-0.2, 0) is 17.8 Å². The third-order valence-electron chi connectivity index (χ3n) is 3.66. The van der Waals surface area contributed by atoms with Gasteiger partial charge >= 0.3 is 0 Å². The first-order valence-electron chi connectivity index (χ1n) is 6.56. The maximum atomic E-state index is 5.88. The van der Waals surface area contributed by atoms with E-state index in [0.29, 0.717) is 18.8 Å². The molecule has 1 fully saturated rings. The highest BCUT2D eigenvalue weighted by Crippen LogP contribution is 2.24. The number of hydrogen-bond acceptors (Lipinski definition) is 3. The van der Waals surface area contributed by atoms with E-state index in [1.54, 1.807) is 0 Å². The first-order valence-corrected chi connectivity index (χ1v) is 6.56. The number of aromatic nitrogens is 2. The molecule has 4 heteroatoms. The van der Waals surface area contributed by atoms with Crippen molar-refractivity contribution < 1.29 is 4.74 Å². The summed E-state index contributed by atoms with van der Waals surface area (Å²) >= 11 is 0. The number of fused-ring (bicyclic) bond motifs is 1. The third-order valence-corrected chi connectivity index (χ3v) is 3.66. The lowest BCUT2D eigenvalue weighted by Gasteiger charge is -2.12. The lowest BCUT2D eigenvalue weighted by molar-refractivity contribution is 0.0464. The van der Waals surface area contributed by atoms with Crippen molar-refractivity contribution in [3.05, 3.63) is 30.1 Å². The number of rotatable bonds is 3. The molecule has 1 aliphatic heterocycles. The van der Waals surface area contributed by atoms with Crippen molar-refractivity contribution >= 4 is 11.0 Å². The molecule has 1 saturated heterocycles. The standard InChI is InChI=1S/C14H19N3O/c1-10-4-5-12(18-10)9-17-8-11(7-15)13-3-2-6-16-14(13)17/h2-3,6,8,10,12H,4-5,7,9,15H2,1H3. The van der Waals surface area contributed by atoms with Gasteiger partial charge in [-0.1, -0.05) is 0 Å². The first kappa shape index (κ1) is 11.7. The fraction of sp³-hybridized carbons (Fsp3) is 0.500. The average molecular weight is 245 g/mol. The molecule has 2 unspecified atom stereocenters. The van der Waals surface area contributed by atoms with Crippen LogP contribution in [0.1, 0.15) is 25.3 Å². The van der Waals surface area contributed by atoms with Crippen molar-refractivity contribution in [3.8, 4) is 0 Å². The fourth-order valence-electron chi connectivity index (χ4n) is 2.74. The zero-order chi connectivity index (χ0) is 12.5. The summed E-state index contributed by atoms with van der Waals surface area (Å²) in [4.78, 5) is 4.46. The normalized spacial score (nSPS) is 23.9. The molecule has 1 aliphatic rings. The number of nitrogens with zero attached hydrogens (tertiary/aromatic N) is 2. The topological polar surface area (TPSA) is 53.1 Å². The highest BCUT2D eigenvalue weighted by Gasteiger charge is 2.23. The Morgan fingerprint density at radius 2 is 2.39 bits per heavy atom. The summed E-state index contributed by atoms with van der Waals surface area (Å²) in [5, 5.41) is 1.16. The summed E-state index contributed by atoms with van der Waals surface area (Å²) in [7, 11) is 0. The SMILES string of the molecule is CC1CCC(Cn2cc(CN)c3cccnc32)O1. The Morgan fingerprint density at radius 3 is 3.11 bits per heavy atom. The second-order valence-electron chi connectivity index (χ2n) is 5.03. The molecule has 0 aromatic carbocycles. The van der Waals surface area contributed by atoms with Crippen LogP contribution in [0, 0.1) is 0 Å². The molecule has 0 aliphatic carbocycles. The zero-order valence-corrected chi connectivity index (χ0v) is 10.7. The third kappa shape index (κ3) is 2.02. The largest absolute Gasteiger partial charge is 0.373 e. The first-order chi connectivity index (χ1) is 8.78. The molecule has 0 spiro atoms. The van der Waals surface area contributed by atoms with Crippen LogP contribution in [0.25, 0.3) is 11.0 Å². The van der Waals surface area contributed by atoms with Gasteiger partial charge in [-0.15, -0.1) is 0 Å². The van der Waals surface area contributed by atoms with Gasteiger partial charge < -0.3 is 15.0 Å². The summed E-state index contributed by atoms with van der Waals surface area (Å²) in [6, 6.07) is 4.04. The molecular formula is C14H19N3O. The van der Waals surface area contributed by atoms with Gasteiger partial charge in [0.1, 0.15) is 5.65 Å². The average Bonchev–Trinajstić information content (AvgIpc) is 2.95. The van der Waals surface area contributed by atoms with Crippen LogP contribution in [0.3, 0.4) is 0 Å². The van der Waals surface area contributed by atoms with Gasteiger partial charge in [0.25, 0.3) is 0 Å². The number of pyridine rings is 1. The van der Waals surface area contributed by atoms with Crippen LogP contribution in [-0.4, -0.2) is 21.8 Å². The van der Waals surface area contributed by atoms with E-state index in [0.717, 1.165) is 36.0 Å². The molecule has 3 heterocycles. The quantitative estimate of drug-likeness (QED) is 0.900. The van der Waals surface area contributed by atoms with Gasteiger partial charge in [-0.25, -0.2) is 4.98 Å². The molecule has 3 rings (SSSR count). The van der Waals surface area contributed by atoms with Crippen LogP contribution in [0.15, 0.2) is 24.5 Å². The molecule has 2 atom stereocenters. The number of hydrogen-bond donors (Lipinski definition) is 1. The Kier molecular flexibility index (Phi) is 3.06. The van der Waals surface area contributed by atoms with Crippen LogP contribution in [0.5, 0.6) is 0 Å². The van der Waals surface area contributed by atoms with Crippen molar-refractivity contribution in [3.63, 3.8) is 0 Å². The molecule has 18 heavy (non-hydrogen) atoms. The molecule has 2 aromatic heterocycles. The zero-order valence-electron chi connectivity index (χ0n) is 10.7. The highest BCUT2D eigenvalue weighted by atomic mass is 16.5. The number of nitrogens with two attached hydrogens (primary N) is 1. The van der Waals surface area contributed by atoms with Gasteiger partial charge in [-0.05, 0) is 37.5 Å². The smallest absolute Gasteiger partial charge is 0.140 e. The summed E-state index contributed by atoms with van der Waals surface area (Å²) in [5.74, 6) is 0. The Hall–Kier alpha value is -1.39. The van der Waals surface area contributed by atoms with E-state index in [4.69, 9.17) is 10.5 Å². The van der Waals surface area contributed by atoms with E-state index < -0.39 is 0 Å². The minimum atomic E-state index is 0.309. The minimum Gasteiger partial charge on any atom is -0.373 e. The Morgan fingerprint density at radius 1 is 1.50 bits per heavy atom. The summed E-state index contributed by atoms with van der Waals surface area (Å²) in [5.41, 5.74) is 7.96. The van der Waals surface area contributed by atoms with Crippen LogP contribution < -0.4 is 5.73 Å². The van der Waals surface area contributed by atoms with Gasteiger partial charge in [0.05, 0.1) is 18.8 Å². The number of ether oxygens (including phenoxy) is 1. The summed E-state index contributed by atoms with van der Waals surface area (Å²) in [6.45, 7) is 3.56. The Labute approximate surface area is 107 Å². The highest BCUT2D eigenvalue weighted by molar-refractivity contribution is 5.80. The van der Waals surface area contributed by atoms with Gasteiger partial charge in [-0.2, -0.15) is 0 Å². The molecule has 2 N–H and O–H groups in total. The van der Waals surface area contributed by atoms with Gasteiger partial charge in [0.15, 0.2) is 0 Å². The molecule has 0 bridgehead atoms. The lowest BCUT2D eigenvalue weighted by Crippen LogP contribution is -2.16. The molecule has 2 aromatic rings. The van der Waals surface area contributed by atoms with Crippen LogP contribution >= 0.6 is 0 Å². The minimum absolute atomic E-state index is 0.309. The maximum absolute atomic E-state index is 5.88. The monoisotopic (exact) mass is 245 g/mol. The lowest BCUT2D eigenvalue weighted by atomic mass is 10.2. The summed E-state index contributed by atoms with van der Waals surface area (Å²) in [6.07, 6.45) is 6.93. The molecular weight excluding hydrogens is 226 g/mol. The summed E-state index contributed by atoms with van der Waals surface area (Å²) < 4.78 is 8.06. The van der Waals surface area contributed by atoms with Crippen molar-refractivity contribution in [1.82, 2.24) is 9.55 Å². The Balaban J connectivity index is 1.92. The van der Waals surface area contributed by atoms with E-state index in [2.05, 4.69) is 28.7 Å². The van der Waals surface area contributed by atoms with Crippen molar-refractivity contribution in [2.24, 2.45) is 5.73 Å². The molecule has 96 valence electrons. The van der Waals surface area contributed by atoms with Gasteiger partial charge in [0.2, 0.25) is 0 Å². The maximum Gasteiger partial charge on any atom is 0.140 e. The molecule has 0 amide bonds. The van der Waals surface area contributed by atoms with E-state index in [-0.39, 0.29) is 0 Å². The second-order valence-corrected chi connectivity index (χ2v) is 5.03. The van der Waals surface area contributed by atoms with E-state index in [9.17, 15) is 0 Å². The van der Waals surface area contributed by atoms with Crippen molar-refractivity contribution in [2.75, 3.05) is 0 Å². The predicted molar refractivity (Wildman–Crippen MR) is 71.2 cm³/mol. The predicted octanol–water partition coefficient (Wildman–Crippen LogP) is 2.06. The fourth-order valence-corrected chi connectivity index (χ4v) is 2.74. The molecule has 0 radical (unpaired) electrons. The van der Waals surface area contributed by atoms with Crippen molar-refractivity contribution in [1.29, 1.82) is 0 Å². The van der Waals surface area contributed by atoms with Crippen LogP contribution in [0.2, 0.25) is 0 Å². The van der Waals surface area contributed by atoms with Crippen molar-refractivity contribution in [2.45, 2.75) is 45.1 Å². The van der Waals surface area contributed by atoms with E-state index in [1.165, 1.54) is 0 Å². The Bertz CT molecular complexity index is 549. The van der Waals surface area contributed by atoms with Gasteiger partial charge in [-0.3, -0.25) is 0 Å². The second kappa shape index (κ2) is 4.71. The molecule has 0 saturated carbocycles.